The molecule has 74 valence electrons. The fourth-order valence-corrected chi connectivity index (χ4v) is 2.52. The highest BCUT2D eigenvalue weighted by Gasteiger charge is 2.45. The van der Waals surface area contributed by atoms with Crippen LogP contribution in [-0.4, -0.2) is 32.5 Å². The first-order chi connectivity index (χ1) is 6.20. The van der Waals surface area contributed by atoms with E-state index in [0.29, 0.717) is 19.8 Å². The van der Waals surface area contributed by atoms with Crippen molar-refractivity contribution in [2.75, 3.05) is 26.4 Å². The van der Waals surface area contributed by atoms with Crippen LogP contribution in [-0.2, 0) is 18.3 Å². The third-order valence-corrected chi connectivity index (χ3v) is 2.97. The van der Waals surface area contributed by atoms with E-state index in [9.17, 15) is 4.79 Å². The summed E-state index contributed by atoms with van der Waals surface area (Å²) in [7, 11) is -1.13. The SMILES string of the molecule is NC(=O)OCC12COP(OC1)OC2. The van der Waals surface area contributed by atoms with Crippen molar-refractivity contribution in [2.45, 2.75) is 0 Å². The minimum Gasteiger partial charge on any atom is -0.449 e. The molecule has 0 saturated carbocycles. The molecular weight excluding hydrogens is 197 g/mol. The van der Waals surface area contributed by atoms with Crippen molar-refractivity contribution in [3.8, 4) is 0 Å². The number of fused-ring (bicyclic) bond motifs is 3. The summed E-state index contributed by atoms with van der Waals surface area (Å²) in [5.74, 6) is 0. The lowest BCUT2D eigenvalue weighted by Crippen LogP contribution is -2.47. The first kappa shape index (κ1) is 9.15. The summed E-state index contributed by atoms with van der Waals surface area (Å²) in [6.45, 7) is 1.70. The van der Waals surface area contributed by atoms with E-state index in [-0.39, 0.29) is 12.0 Å². The van der Waals surface area contributed by atoms with Crippen molar-refractivity contribution in [2.24, 2.45) is 11.1 Å². The summed E-state index contributed by atoms with van der Waals surface area (Å²) in [4.78, 5) is 10.4. The molecule has 7 heteroatoms. The summed E-state index contributed by atoms with van der Waals surface area (Å²) in [6, 6.07) is 0. The molecule has 3 fully saturated rings. The van der Waals surface area contributed by atoms with Crippen LogP contribution < -0.4 is 5.73 Å². The maximum absolute atomic E-state index is 10.4. The predicted molar refractivity (Wildman–Crippen MR) is 42.7 cm³/mol. The van der Waals surface area contributed by atoms with Crippen LogP contribution in [0, 0.1) is 5.41 Å². The molecule has 0 unspecified atom stereocenters. The Kier molecular flexibility index (Phi) is 2.38. The lowest BCUT2D eigenvalue weighted by atomic mass is 9.92. The molecule has 3 saturated heterocycles. The largest absolute Gasteiger partial charge is 0.449 e. The molecule has 3 aliphatic heterocycles. The minimum absolute atomic E-state index is 0.186. The van der Waals surface area contributed by atoms with Crippen LogP contribution in [0.5, 0.6) is 0 Å². The van der Waals surface area contributed by atoms with Crippen molar-refractivity contribution in [1.29, 1.82) is 0 Å². The summed E-state index contributed by atoms with van der Waals surface area (Å²) in [5, 5.41) is 0. The van der Waals surface area contributed by atoms with Gasteiger partial charge in [-0.1, -0.05) is 0 Å². The smallest absolute Gasteiger partial charge is 0.404 e. The number of ether oxygens (including phenoxy) is 1. The van der Waals surface area contributed by atoms with Crippen molar-refractivity contribution in [3.63, 3.8) is 0 Å². The van der Waals surface area contributed by atoms with Crippen molar-refractivity contribution < 1.29 is 23.1 Å². The maximum Gasteiger partial charge on any atom is 0.404 e. The van der Waals surface area contributed by atoms with E-state index >= 15 is 0 Å². The second-order valence-electron chi connectivity index (χ2n) is 3.15. The molecule has 0 atom stereocenters. The topological polar surface area (TPSA) is 80.0 Å². The fraction of sp³-hybridized carbons (Fsp3) is 0.833. The second-order valence-corrected chi connectivity index (χ2v) is 4.37. The number of carbonyl (C=O) groups excluding carboxylic acids is 1. The van der Waals surface area contributed by atoms with Crippen LogP contribution in [0.3, 0.4) is 0 Å². The van der Waals surface area contributed by atoms with Gasteiger partial charge in [0.05, 0.1) is 25.2 Å². The van der Waals surface area contributed by atoms with Crippen LogP contribution >= 0.6 is 8.60 Å². The van der Waals surface area contributed by atoms with Gasteiger partial charge in [0.1, 0.15) is 6.61 Å². The summed E-state index contributed by atoms with van der Waals surface area (Å²) in [6.07, 6.45) is -0.784. The first-order valence-electron chi connectivity index (χ1n) is 3.81. The highest BCUT2D eigenvalue weighted by atomic mass is 31.2. The normalized spacial score (nSPS) is 37.4. The second kappa shape index (κ2) is 3.38. The summed E-state index contributed by atoms with van der Waals surface area (Å²) in [5.41, 5.74) is 4.50. The van der Waals surface area contributed by atoms with E-state index in [1.54, 1.807) is 0 Å². The first-order valence-corrected chi connectivity index (χ1v) is 4.91. The maximum atomic E-state index is 10.4. The molecule has 0 aromatic carbocycles. The molecule has 0 aromatic rings. The van der Waals surface area contributed by atoms with Gasteiger partial charge in [-0.15, -0.1) is 0 Å². The molecule has 0 spiro atoms. The van der Waals surface area contributed by atoms with E-state index in [2.05, 4.69) is 0 Å². The summed E-state index contributed by atoms with van der Waals surface area (Å²) >= 11 is 0. The molecule has 3 heterocycles. The molecule has 2 bridgehead atoms. The Bertz CT molecular complexity index is 201. The van der Waals surface area contributed by atoms with E-state index in [0.717, 1.165) is 0 Å². The monoisotopic (exact) mass is 207 g/mol. The van der Waals surface area contributed by atoms with Crippen LogP contribution in [0.2, 0.25) is 0 Å². The molecule has 3 rings (SSSR count). The number of carbonyl (C=O) groups is 1. The quantitative estimate of drug-likeness (QED) is 0.661. The Morgan fingerprint density at radius 1 is 1.38 bits per heavy atom. The predicted octanol–water partition coefficient (Wildman–Crippen LogP) is 0.372. The van der Waals surface area contributed by atoms with Gasteiger partial charge in [-0.2, -0.15) is 0 Å². The van der Waals surface area contributed by atoms with Gasteiger partial charge in [-0.25, -0.2) is 4.79 Å². The zero-order chi connectivity index (χ0) is 9.31. The van der Waals surface area contributed by atoms with E-state index in [1.807, 2.05) is 0 Å². The highest BCUT2D eigenvalue weighted by molar-refractivity contribution is 7.41. The van der Waals surface area contributed by atoms with Gasteiger partial charge in [0, 0.05) is 0 Å². The molecule has 0 aliphatic carbocycles. The minimum atomic E-state index is -1.13. The zero-order valence-electron chi connectivity index (χ0n) is 6.89. The number of rotatable bonds is 2. The third kappa shape index (κ3) is 1.91. The number of primary amides is 1. The van der Waals surface area contributed by atoms with E-state index in [1.165, 1.54) is 0 Å². The van der Waals surface area contributed by atoms with Gasteiger partial charge in [0.2, 0.25) is 0 Å². The van der Waals surface area contributed by atoms with Crippen molar-refractivity contribution >= 4 is 14.7 Å². The Morgan fingerprint density at radius 3 is 2.38 bits per heavy atom. The Morgan fingerprint density at radius 2 is 1.92 bits per heavy atom. The van der Waals surface area contributed by atoms with Crippen LogP contribution in [0.4, 0.5) is 4.79 Å². The Balaban J connectivity index is 1.91. The van der Waals surface area contributed by atoms with Gasteiger partial charge < -0.3 is 24.0 Å². The van der Waals surface area contributed by atoms with Gasteiger partial charge in [-0.3, -0.25) is 0 Å². The molecule has 13 heavy (non-hydrogen) atoms. The van der Waals surface area contributed by atoms with Gasteiger partial charge in [0.25, 0.3) is 0 Å². The molecule has 1 amide bonds. The summed E-state index contributed by atoms with van der Waals surface area (Å²) < 4.78 is 20.3. The number of hydrogen-bond acceptors (Lipinski definition) is 5. The third-order valence-electron chi connectivity index (χ3n) is 1.95. The molecule has 3 aliphatic rings. The standard InChI is InChI=1S/C6H10NO5P/c7-5(8)9-1-6-2-10-13(11-3-6)12-4-6/h1-4H2,(H2,7,8). The lowest BCUT2D eigenvalue weighted by molar-refractivity contribution is -0.0973. The van der Waals surface area contributed by atoms with Crippen molar-refractivity contribution in [1.82, 2.24) is 0 Å². The average molecular weight is 207 g/mol. The van der Waals surface area contributed by atoms with Gasteiger partial charge in [0.15, 0.2) is 0 Å². The Labute approximate surface area is 76.3 Å². The number of hydrogen-bond donors (Lipinski definition) is 1. The Hall–Kier alpha value is -0.420. The van der Waals surface area contributed by atoms with Gasteiger partial charge in [-0.05, 0) is 0 Å². The van der Waals surface area contributed by atoms with Crippen LogP contribution in [0.15, 0.2) is 0 Å². The molecular formula is C6H10NO5P. The molecule has 0 aromatic heterocycles. The zero-order valence-corrected chi connectivity index (χ0v) is 7.79. The highest BCUT2D eigenvalue weighted by Crippen LogP contribution is 2.53. The van der Waals surface area contributed by atoms with E-state index < -0.39 is 14.7 Å². The lowest BCUT2D eigenvalue weighted by Gasteiger charge is -2.43. The van der Waals surface area contributed by atoms with E-state index in [4.69, 9.17) is 24.0 Å². The van der Waals surface area contributed by atoms with Crippen molar-refractivity contribution in [3.05, 3.63) is 0 Å². The number of nitrogens with two attached hydrogens (primary N) is 1. The molecule has 6 nitrogen and oxygen atoms in total. The average Bonchev–Trinajstić information content (AvgIpc) is 2.18. The fourth-order valence-electron chi connectivity index (χ4n) is 1.15. The van der Waals surface area contributed by atoms with Crippen LogP contribution in [0.1, 0.15) is 0 Å². The van der Waals surface area contributed by atoms with Crippen LogP contribution in [0.25, 0.3) is 0 Å². The molecule has 2 N–H and O–H groups in total. The molecule has 0 radical (unpaired) electrons. The van der Waals surface area contributed by atoms with Gasteiger partial charge >= 0.3 is 14.7 Å². The number of amides is 1.